The van der Waals surface area contributed by atoms with Crippen molar-refractivity contribution in [1.82, 2.24) is 9.97 Å². The second-order valence-electron chi connectivity index (χ2n) is 9.83. The van der Waals surface area contributed by atoms with Gasteiger partial charge < -0.3 is 5.11 Å². The zero-order valence-corrected chi connectivity index (χ0v) is 18.5. The number of carbonyl (C=O) groups is 1. The molecular formula is C27H26FN3O2. The van der Waals surface area contributed by atoms with Gasteiger partial charge in [0.25, 0.3) is 0 Å². The number of nitrogens with zero attached hydrogens (tertiary/aromatic N) is 3. The fraction of sp³-hybridized carbons (Fsp3) is 0.407. The number of pyridine rings is 2. The van der Waals surface area contributed by atoms with Crippen molar-refractivity contribution in [1.29, 1.82) is 5.26 Å². The topological polar surface area (TPSA) is 86.9 Å². The molecule has 5 rings (SSSR count). The number of fused-ring (bicyclic) bond motifs is 2. The highest BCUT2D eigenvalue weighted by Gasteiger charge is 2.49. The van der Waals surface area contributed by atoms with Gasteiger partial charge in [-0.15, -0.1) is 0 Å². The highest BCUT2D eigenvalue weighted by atomic mass is 19.1. The molecule has 2 aliphatic rings. The number of benzene rings is 1. The van der Waals surface area contributed by atoms with Crippen molar-refractivity contribution in [2.75, 3.05) is 0 Å². The number of nitriles is 1. The molecule has 0 radical (unpaired) electrons. The molecule has 0 saturated heterocycles. The Bertz CT molecular complexity index is 1230. The van der Waals surface area contributed by atoms with Crippen molar-refractivity contribution in [2.45, 2.75) is 50.5 Å². The van der Waals surface area contributed by atoms with Crippen LogP contribution in [0.5, 0.6) is 0 Å². The molecule has 6 heteroatoms. The Hall–Kier alpha value is -3.17. The number of aliphatic hydroxyl groups is 1. The van der Waals surface area contributed by atoms with Gasteiger partial charge in [0.2, 0.25) is 0 Å². The predicted octanol–water partition coefficient (Wildman–Crippen LogP) is 4.72. The third-order valence-electron chi connectivity index (χ3n) is 7.86. The standard InChI is InChI=1S/C27H26FN3O2/c1-27(33,26(32)8-16-2-4-22(14-29)31-15-16)20-11-17-9-19(10-18(17)12-20)23-6-7-30-25-5-3-21(28)13-24(23)25/h2-7,13,15,17-20,33H,8-12H2,1H3/t17-,18+,19?,20?,27?. The van der Waals surface area contributed by atoms with Crippen LogP contribution in [0.4, 0.5) is 4.39 Å². The zero-order chi connectivity index (χ0) is 23.2. The summed E-state index contributed by atoms with van der Waals surface area (Å²) in [5.74, 6) is 0.728. The minimum Gasteiger partial charge on any atom is -0.382 e. The SMILES string of the molecule is CC(O)(C(=O)Cc1ccc(C#N)nc1)C1C[C@H]2CC(c3ccnc4ccc(F)cc34)C[C@H]2C1. The molecular weight excluding hydrogens is 417 g/mol. The maximum Gasteiger partial charge on any atom is 0.168 e. The van der Waals surface area contributed by atoms with Crippen LogP contribution in [0.3, 0.4) is 0 Å². The van der Waals surface area contributed by atoms with E-state index in [1.807, 2.05) is 12.1 Å². The lowest BCUT2D eigenvalue weighted by Gasteiger charge is -2.30. The number of hydrogen-bond donors (Lipinski definition) is 1. The van der Waals surface area contributed by atoms with Crippen molar-refractivity contribution in [3.8, 4) is 6.07 Å². The Labute approximate surface area is 192 Å². The lowest BCUT2D eigenvalue weighted by Crippen LogP contribution is -2.43. The molecule has 0 aliphatic heterocycles. The molecule has 2 aromatic heterocycles. The molecule has 5 atom stereocenters. The third kappa shape index (κ3) is 4.02. The fourth-order valence-corrected chi connectivity index (χ4v) is 6.01. The van der Waals surface area contributed by atoms with E-state index in [1.165, 1.54) is 12.3 Å². The van der Waals surface area contributed by atoms with E-state index >= 15 is 0 Å². The number of carbonyl (C=O) groups excluding carboxylic acids is 1. The number of ketones is 1. The van der Waals surface area contributed by atoms with Crippen LogP contribution in [-0.4, -0.2) is 26.5 Å². The first-order valence-electron chi connectivity index (χ1n) is 11.5. The molecule has 3 aromatic rings. The quantitative estimate of drug-likeness (QED) is 0.616. The highest BCUT2D eigenvalue weighted by Crippen LogP contribution is 2.55. The van der Waals surface area contributed by atoms with Crippen LogP contribution >= 0.6 is 0 Å². The summed E-state index contributed by atoms with van der Waals surface area (Å²) in [7, 11) is 0. The molecule has 0 bridgehead atoms. The lowest BCUT2D eigenvalue weighted by molar-refractivity contribution is -0.140. The summed E-state index contributed by atoms with van der Waals surface area (Å²) in [4.78, 5) is 21.4. The molecule has 2 aliphatic carbocycles. The van der Waals surface area contributed by atoms with E-state index in [1.54, 1.807) is 37.4 Å². The Morgan fingerprint density at radius 1 is 1.15 bits per heavy atom. The molecule has 3 unspecified atom stereocenters. The maximum atomic E-state index is 13.9. The van der Waals surface area contributed by atoms with Gasteiger partial charge in [0, 0.05) is 24.2 Å². The first kappa shape index (κ1) is 21.7. The van der Waals surface area contributed by atoms with Crippen LogP contribution in [0.1, 0.15) is 55.3 Å². The van der Waals surface area contributed by atoms with E-state index in [9.17, 15) is 14.3 Å². The second-order valence-corrected chi connectivity index (χ2v) is 9.83. The van der Waals surface area contributed by atoms with Crippen LogP contribution < -0.4 is 0 Å². The summed E-state index contributed by atoms with van der Waals surface area (Å²) in [6.45, 7) is 1.65. The minimum absolute atomic E-state index is 0.0704. The highest BCUT2D eigenvalue weighted by molar-refractivity contribution is 5.89. The van der Waals surface area contributed by atoms with Crippen molar-refractivity contribution >= 4 is 16.7 Å². The van der Waals surface area contributed by atoms with Crippen molar-refractivity contribution < 1.29 is 14.3 Å². The largest absolute Gasteiger partial charge is 0.382 e. The zero-order valence-electron chi connectivity index (χ0n) is 18.5. The number of hydrogen-bond acceptors (Lipinski definition) is 5. The van der Waals surface area contributed by atoms with Crippen molar-refractivity contribution in [2.24, 2.45) is 17.8 Å². The first-order chi connectivity index (χ1) is 15.8. The molecule has 0 amide bonds. The van der Waals surface area contributed by atoms with E-state index in [2.05, 4.69) is 9.97 Å². The van der Waals surface area contributed by atoms with Gasteiger partial charge in [-0.25, -0.2) is 9.37 Å². The van der Waals surface area contributed by atoms with E-state index in [0.29, 0.717) is 29.0 Å². The van der Waals surface area contributed by atoms with Crippen molar-refractivity contribution in [3.05, 3.63) is 71.4 Å². The van der Waals surface area contributed by atoms with Crippen LogP contribution in [0.15, 0.2) is 48.8 Å². The maximum absolute atomic E-state index is 13.9. The number of Topliss-reactive ketones (excluding diaryl/α,β-unsaturated/α-hetero) is 1. The van der Waals surface area contributed by atoms with E-state index in [4.69, 9.17) is 5.26 Å². The Morgan fingerprint density at radius 3 is 2.58 bits per heavy atom. The molecule has 2 fully saturated rings. The minimum atomic E-state index is -1.39. The molecule has 2 heterocycles. The molecule has 2 saturated carbocycles. The van der Waals surface area contributed by atoms with Gasteiger partial charge in [-0.3, -0.25) is 9.78 Å². The Morgan fingerprint density at radius 2 is 1.91 bits per heavy atom. The van der Waals surface area contributed by atoms with Gasteiger partial charge >= 0.3 is 0 Å². The van der Waals surface area contributed by atoms with E-state index in [-0.39, 0.29) is 23.9 Å². The molecule has 1 N–H and O–H groups in total. The van der Waals surface area contributed by atoms with Crippen LogP contribution in [0.2, 0.25) is 0 Å². The van der Waals surface area contributed by atoms with E-state index in [0.717, 1.165) is 42.1 Å². The summed E-state index contributed by atoms with van der Waals surface area (Å²) in [5.41, 5.74) is 1.59. The Balaban J connectivity index is 1.27. The molecule has 5 nitrogen and oxygen atoms in total. The first-order valence-corrected chi connectivity index (χ1v) is 11.5. The summed E-state index contributed by atoms with van der Waals surface area (Å²) in [6, 6.07) is 12.0. The molecule has 0 spiro atoms. The average molecular weight is 444 g/mol. The molecule has 1 aromatic carbocycles. The smallest absolute Gasteiger partial charge is 0.168 e. The van der Waals surface area contributed by atoms with Gasteiger partial charge in [-0.2, -0.15) is 5.26 Å². The summed E-state index contributed by atoms with van der Waals surface area (Å²) >= 11 is 0. The Kier molecular flexibility index (Phi) is 5.46. The van der Waals surface area contributed by atoms with Crippen LogP contribution in [0, 0.1) is 34.9 Å². The van der Waals surface area contributed by atoms with E-state index < -0.39 is 5.60 Å². The van der Waals surface area contributed by atoms with Crippen LogP contribution in [-0.2, 0) is 11.2 Å². The number of aromatic nitrogens is 2. The predicted molar refractivity (Wildman–Crippen MR) is 122 cm³/mol. The van der Waals surface area contributed by atoms with Gasteiger partial charge in [-0.1, -0.05) is 6.07 Å². The molecule has 33 heavy (non-hydrogen) atoms. The second kappa shape index (κ2) is 8.31. The summed E-state index contributed by atoms with van der Waals surface area (Å²) in [5, 5.41) is 20.9. The van der Waals surface area contributed by atoms with Gasteiger partial charge in [-0.05, 0) is 97.7 Å². The number of rotatable bonds is 5. The fourth-order valence-electron chi connectivity index (χ4n) is 6.01. The van der Waals surface area contributed by atoms with Crippen molar-refractivity contribution in [3.63, 3.8) is 0 Å². The van der Waals surface area contributed by atoms with Gasteiger partial charge in [0.15, 0.2) is 5.78 Å². The number of halogens is 1. The third-order valence-corrected chi connectivity index (χ3v) is 7.86. The van der Waals surface area contributed by atoms with Gasteiger partial charge in [0.05, 0.1) is 5.52 Å². The summed E-state index contributed by atoms with van der Waals surface area (Å²) < 4.78 is 13.9. The van der Waals surface area contributed by atoms with Crippen LogP contribution in [0.25, 0.3) is 10.9 Å². The van der Waals surface area contributed by atoms with Gasteiger partial charge in [0.1, 0.15) is 23.2 Å². The summed E-state index contributed by atoms with van der Waals surface area (Å²) in [6.07, 6.45) is 7.05. The lowest BCUT2D eigenvalue weighted by atomic mass is 9.79. The normalized spacial score (nSPS) is 26.0. The average Bonchev–Trinajstić information content (AvgIpc) is 3.39. The molecule has 168 valence electrons. The monoisotopic (exact) mass is 443 g/mol.